The van der Waals surface area contributed by atoms with Crippen LogP contribution >= 0.6 is 15.9 Å². The number of hydrogen-bond acceptors (Lipinski definition) is 2. The molecule has 19 heavy (non-hydrogen) atoms. The predicted molar refractivity (Wildman–Crippen MR) is 82.7 cm³/mol. The number of fused-ring (bicyclic) bond motifs is 1. The number of hydrogen-bond donors (Lipinski definition) is 1. The Morgan fingerprint density at radius 1 is 1.32 bits per heavy atom. The van der Waals surface area contributed by atoms with Crippen molar-refractivity contribution >= 4 is 38.4 Å². The topological polar surface area (TPSA) is 42.0 Å². The van der Waals surface area contributed by atoms with Crippen molar-refractivity contribution in [2.24, 2.45) is 5.92 Å². The minimum Gasteiger partial charge on any atom is -0.324 e. The molecule has 0 fully saturated rings. The molecule has 2 rings (SSSR count). The Bertz CT molecular complexity index is 610. The van der Waals surface area contributed by atoms with Gasteiger partial charge in [-0.25, -0.2) is 0 Å². The van der Waals surface area contributed by atoms with Crippen LogP contribution in [-0.2, 0) is 4.79 Å². The zero-order valence-corrected chi connectivity index (χ0v) is 12.9. The lowest BCUT2D eigenvalue weighted by atomic mass is 10.1. The van der Waals surface area contributed by atoms with Crippen molar-refractivity contribution in [3.05, 3.63) is 36.0 Å². The van der Waals surface area contributed by atoms with Crippen LogP contribution in [0.4, 0.5) is 5.69 Å². The van der Waals surface area contributed by atoms with E-state index in [0.717, 1.165) is 22.3 Å². The summed E-state index contributed by atoms with van der Waals surface area (Å²) in [5.41, 5.74) is 2.61. The smallest absolute Gasteiger partial charge is 0.238 e. The van der Waals surface area contributed by atoms with Crippen molar-refractivity contribution in [3.8, 4) is 0 Å². The number of nitrogens with one attached hydrogen (secondary N) is 1. The number of amides is 1. The largest absolute Gasteiger partial charge is 0.324 e. The van der Waals surface area contributed by atoms with Crippen molar-refractivity contribution in [2.45, 2.75) is 25.6 Å². The molecule has 0 saturated heterocycles. The predicted octanol–water partition coefficient (Wildman–Crippen LogP) is 3.90. The fourth-order valence-electron chi connectivity index (χ4n) is 1.92. The third-order valence-corrected chi connectivity index (χ3v) is 4.41. The van der Waals surface area contributed by atoms with Crippen molar-refractivity contribution < 1.29 is 4.79 Å². The quantitative estimate of drug-likeness (QED) is 0.871. The van der Waals surface area contributed by atoms with Crippen LogP contribution in [-0.4, -0.2) is 15.7 Å². The van der Waals surface area contributed by atoms with Gasteiger partial charge in [0.1, 0.15) is 0 Å². The molecular formula is C15H17BrN2O. The SMILES string of the molecule is Cc1cc(NC(=O)C(Br)C(C)C)c2ccccc2n1. The molecule has 1 atom stereocenters. The average Bonchev–Trinajstić information content (AvgIpc) is 2.37. The molecule has 100 valence electrons. The highest BCUT2D eigenvalue weighted by molar-refractivity contribution is 9.10. The Hall–Kier alpha value is -1.42. The van der Waals surface area contributed by atoms with Gasteiger partial charge in [0, 0.05) is 11.1 Å². The molecule has 1 aromatic heterocycles. The Morgan fingerprint density at radius 3 is 2.68 bits per heavy atom. The molecule has 0 aliphatic carbocycles. The molecule has 0 radical (unpaired) electrons. The minimum atomic E-state index is -0.195. The van der Waals surface area contributed by atoms with Gasteiger partial charge >= 0.3 is 0 Å². The third kappa shape index (κ3) is 3.13. The lowest BCUT2D eigenvalue weighted by Gasteiger charge is -2.15. The number of anilines is 1. The van der Waals surface area contributed by atoms with Gasteiger partial charge in [0.2, 0.25) is 5.91 Å². The van der Waals surface area contributed by atoms with Crippen molar-refractivity contribution in [1.82, 2.24) is 4.98 Å². The van der Waals surface area contributed by atoms with Gasteiger partial charge in [-0.3, -0.25) is 9.78 Å². The van der Waals surface area contributed by atoms with Crippen molar-refractivity contribution in [2.75, 3.05) is 5.32 Å². The molecule has 4 heteroatoms. The normalized spacial score (nSPS) is 12.7. The molecule has 0 aliphatic rings. The number of pyridine rings is 1. The molecule has 2 aromatic rings. The second-order valence-electron chi connectivity index (χ2n) is 4.96. The summed E-state index contributed by atoms with van der Waals surface area (Å²) in [6.07, 6.45) is 0. The van der Waals surface area contributed by atoms with Crippen LogP contribution in [0.3, 0.4) is 0 Å². The van der Waals surface area contributed by atoms with E-state index >= 15 is 0 Å². The first-order valence-corrected chi connectivity index (χ1v) is 7.22. The highest BCUT2D eigenvalue weighted by Crippen LogP contribution is 2.24. The Morgan fingerprint density at radius 2 is 2.00 bits per heavy atom. The first kappa shape index (κ1) is 14.0. The van der Waals surface area contributed by atoms with Crippen LogP contribution in [0.15, 0.2) is 30.3 Å². The lowest BCUT2D eigenvalue weighted by Crippen LogP contribution is -2.27. The zero-order chi connectivity index (χ0) is 14.0. The van der Waals surface area contributed by atoms with E-state index in [1.807, 2.05) is 51.1 Å². The summed E-state index contributed by atoms with van der Waals surface area (Å²) in [5, 5.41) is 3.94. The highest BCUT2D eigenvalue weighted by atomic mass is 79.9. The molecule has 1 heterocycles. The van der Waals surface area contributed by atoms with Gasteiger partial charge in [-0.1, -0.05) is 48.0 Å². The average molecular weight is 321 g/mol. The maximum absolute atomic E-state index is 12.1. The number of aromatic nitrogens is 1. The minimum absolute atomic E-state index is 0.0225. The van der Waals surface area contributed by atoms with E-state index in [0.29, 0.717) is 0 Å². The van der Waals surface area contributed by atoms with Gasteiger partial charge in [0.05, 0.1) is 16.0 Å². The van der Waals surface area contributed by atoms with Gasteiger partial charge < -0.3 is 5.32 Å². The summed E-state index contributed by atoms with van der Waals surface area (Å²) in [5.74, 6) is 0.222. The molecule has 1 amide bonds. The summed E-state index contributed by atoms with van der Waals surface area (Å²) >= 11 is 3.42. The lowest BCUT2D eigenvalue weighted by molar-refractivity contribution is -0.116. The van der Waals surface area contributed by atoms with E-state index < -0.39 is 0 Å². The van der Waals surface area contributed by atoms with E-state index in [1.54, 1.807) is 0 Å². The van der Waals surface area contributed by atoms with Crippen LogP contribution in [0.1, 0.15) is 19.5 Å². The molecule has 0 saturated carbocycles. The van der Waals surface area contributed by atoms with Crippen LogP contribution in [0.25, 0.3) is 10.9 Å². The third-order valence-electron chi connectivity index (χ3n) is 2.94. The van der Waals surface area contributed by atoms with Crippen LogP contribution in [0.5, 0.6) is 0 Å². The van der Waals surface area contributed by atoms with E-state index in [2.05, 4.69) is 26.2 Å². The van der Waals surface area contributed by atoms with Crippen molar-refractivity contribution in [1.29, 1.82) is 0 Å². The number of carbonyl (C=O) groups excluding carboxylic acids is 1. The fourth-order valence-corrected chi connectivity index (χ4v) is 2.03. The number of rotatable bonds is 3. The second-order valence-corrected chi connectivity index (χ2v) is 5.95. The highest BCUT2D eigenvalue weighted by Gasteiger charge is 2.19. The molecular weight excluding hydrogens is 304 g/mol. The van der Waals surface area contributed by atoms with Gasteiger partial charge in [0.15, 0.2) is 0 Å². The molecule has 3 nitrogen and oxygen atoms in total. The zero-order valence-electron chi connectivity index (χ0n) is 11.3. The number of alkyl halides is 1. The summed E-state index contributed by atoms with van der Waals surface area (Å²) in [6.45, 7) is 5.94. The number of para-hydroxylation sites is 1. The Labute approximate surface area is 121 Å². The van der Waals surface area contributed by atoms with E-state index in [9.17, 15) is 4.79 Å². The first-order chi connectivity index (χ1) is 8.99. The Kier molecular flexibility index (Phi) is 4.20. The maximum Gasteiger partial charge on any atom is 0.238 e. The van der Waals surface area contributed by atoms with E-state index in [1.165, 1.54) is 0 Å². The molecule has 1 N–H and O–H groups in total. The number of nitrogens with zero attached hydrogens (tertiary/aromatic N) is 1. The van der Waals surface area contributed by atoms with E-state index in [4.69, 9.17) is 0 Å². The van der Waals surface area contributed by atoms with Gasteiger partial charge in [0.25, 0.3) is 0 Å². The number of carbonyl (C=O) groups is 1. The second kappa shape index (κ2) is 5.70. The van der Waals surface area contributed by atoms with Gasteiger partial charge in [-0.15, -0.1) is 0 Å². The van der Waals surface area contributed by atoms with E-state index in [-0.39, 0.29) is 16.7 Å². The van der Waals surface area contributed by atoms with Crippen LogP contribution < -0.4 is 5.32 Å². The summed E-state index contributed by atoms with van der Waals surface area (Å²) in [7, 11) is 0. The molecule has 0 aliphatic heterocycles. The fraction of sp³-hybridized carbons (Fsp3) is 0.333. The molecule has 0 spiro atoms. The number of aryl methyl sites for hydroxylation is 1. The van der Waals surface area contributed by atoms with Crippen LogP contribution in [0, 0.1) is 12.8 Å². The van der Waals surface area contributed by atoms with Gasteiger partial charge in [-0.05, 0) is 25.0 Å². The Balaban J connectivity index is 2.37. The maximum atomic E-state index is 12.1. The molecule has 1 unspecified atom stereocenters. The van der Waals surface area contributed by atoms with Crippen molar-refractivity contribution in [3.63, 3.8) is 0 Å². The molecule has 0 bridgehead atoms. The number of benzene rings is 1. The van der Waals surface area contributed by atoms with Crippen LogP contribution in [0.2, 0.25) is 0 Å². The summed E-state index contributed by atoms with van der Waals surface area (Å²) in [6, 6.07) is 9.72. The standard InChI is InChI=1S/C15H17BrN2O/c1-9(2)14(16)15(19)18-13-8-10(3)17-12-7-5-4-6-11(12)13/h4-9,14H,1-3H3,(H,17,18,19). The molecule has 1 aromatic carbocycles. The monoisotopic (exact) mass is 320 g/mol. The first-order valence-electron chi connectivity index (χ1n) is 6.30. The summed E-state index contributed by atoms with van der Waals surface area (Å²) in [4.78, 5) is 16.4. The van der Waals surface area contributed by atoms with Gasteiger partial charge in [-0.2, -0.15) is 0 Å². The number of halogens is 1. The summed E-state index contributed by atoms with van der Waals surface area (Å²) < 4.78 is 0.